The molecule has 0 N–H and O–H groups in total. The molecular weight excluding hydrogens is 362 g/mol. The van der Waals surface area contributed by atoms with Gasteiger partial charge >= 0.3 is 5.69 Å². The average molecular weight is 382 g/mol. The largest absolute Gasteiger partial charge is 0.548 e. The van der Waals surface area contributed by atoms with Gasteiger partial charge in [0.2, 0.25) is 5.95 Å². The van der Waals surface area contributed by atoms with E-state index in [1.807, 2.05) is 36.1 Å². The maximum absolute atomic E-state index is 12.9. The van der Waals surface area contributed by atoms with E-state index in [9.17, 15) is 19.5 Å². The number of rotatable bonds is 3. The highest BCUT2D eigenvalue weighted by Gasteiger charge is 2.29. The van der Waals surface area contributed by atoms with E-state index in [1.165, 1.54) is 11.6 Å². The smallest absolute Gasteiger partial charge is 0.332 e. The van der Waals surface area contributed by atoms with Crippen LogP contribution in [0.1, 0.15) is 12.5 Å². The molecule has 9 heteroatoms. The quantitative estimate of drug-likeness (QED) is 0.618. The lowest BCUT2D eigenvalue weighted by molar-refractivity contribution is -0.306. The monoisotopic (exact) mass is 382 g/mol. The van der Waals surface area contributed by atoms with Gasteiger partial charge in [-0.1, -0.05) is 24.6 Å². The minimum Gasteiger partial charge on any atom is -0.548 e. The second-order valence-electron chi connectivity index (χ2n) is 7.35. The van der Waals surface area contributed by atoms with Crippen molar-refractivity contribution in [1.82, 2.24) is 18.7 Å². The Hall–Kier alpha value is -3.36. The second kappa shape index (κ2) is 6.36. The Bertz CT molecular complexity index is 1200. The normalized spacial score (nSPS) is 16.4. The summed E-state index contributed by atoms with van der Waals surface area (Å²) in [6.45, 7) is 4.55. The van der Waals surface area contributed by atoms with Gasteiger partial charge in [0.25, 0.3) is 5.56 Å². The first-order valence-corrected chi connectivity index (χ1v) is 9.02. The summed E-state index contributed by atoms with van der Waals surface area (Å²) in [5.41, 5.74) is 1.14. The summed E-state index contributed by atoms with van der Waals surface area (Å²) in [7, 11) is 1.48. The van der Waals surface area contributed by atoms with Crippen LogP contribution >= 0.6 is 0 Å². The van der Waals surface area contributed by atoms with E-state index in [0.29, 0.717) is 23.6 Å². The van der Waals surface area contributed by atoms with Gasteiger partial charge in [0, 0.05) is 25.8 Å². The third kappa shape index (κ3) is 2.70. The van der Waals surface area contributed by atoms with Crippen LogP contribution in [0.25, 0.3) is 11.2 Å². The van der Waals surface area contributed by atoms with Gasteiger partial charge < -0.3 is 19.4 Å². The van der Waals surface area contributed by atoms with Gasteiger partial charge in [-0.05, 0) is 25.0 Å². The first-order chi connectivity index (χ1) is 13.3. The molecule has 1 aromatic carbocycles. The number of nitrogens with zero attached hydrogens (tertiary/aromatic N) is 5. The molecule has 3 aromatic rings. The van der Waals surface area contributed by atoms with Crippen LogP contribution in [0.15, 0.2) is 33.9 Å². The summed E-state index contributed by atoms with van der Waals surface area (Å²) < 4.78 is 3.67. The van der Waals surface area contributed by atoms with Gasteiger partial charge in [0.15, 0.2) is 11.2 Å². The molecule has 0 radical (unpaired) electrons. The number of hydrogen-bond acceptors (Lipinski definition) is 6. The summed E-state index contributed by atoms with van der Waals surface area (Å²) in [5.74, 6) is -0.709. The van der Waals surface area contributed by atoms with Crippen molar-refractivity contribution >= 4 is 28.8 Å². The molecule has 1 aliphatic rings. The molecule has 2 aromatic heterocycles. The van der Waals surface area contributed by atoms with E-state index < -0.39 is 23.8 Å². The van der Waals surface area contributed by atoms with Gasteiger partial charge in [-0.15, -0.1) is 0 Å². The van der Waals surface area contributed by atoms with Crippen LogP contribution in [-0.2, 0) is 24.9 Å². The molecular formula is C19H20N5O4-. The number of aliphatic carboxylic acids is 1. The fraction of sp³-hybridized carbons (Fsp3) is 0.368. The number of carbonyl (C=O) groups excluding carboxylic acids is 1. The molecule has 0 bridgehead atoms. The zero-order chi connectivity index (χ0) is 20.2. The van der Waals surface area contributed by atoms with Crippen LogP contribution in [0.3, 0.4) is 0 Å². The minimum absolute atomic E-state index is 0.220. The van der Waals surface area contributed by atoms with Crippen molar-refractivity contribution in [2.24, 2.45) is 13.0 Å². The van der Waals surface area contributed by atoms with Crippen molar-refractivity contribution in [1.29, 1.82) is 0 Å². The number of hydrogen-bond donors (Lipinski definition) is 0. The van der Waals surface area contributed by atoms with Crippen LogP contribution in [0.2, 0.25) is 0 Å². The van der Waals surface area contributed by atoms with Crippen molar-refractivity contribution in [3.8, 4) is 0 Å². The molecule has 9 nitrogen and oxygen atoms in total. The molecule has 0 spiro atoms. The lowest BCUT2D eigenvalue weighted by atomic mass is 10.1. The van der Waals surface area contributed by atoms with Gasteiger partial charge in [-0.25, -0.2) is 4.79 Å². The summed E-state index contributed by atoms with van der Waals surface area (Å²) >= 11 is 0. The first kappa shape index (κ1) is 18.0. The van der Waals surface area contributed by atoms with Crippen molar-refractivity contribution in [3.05, 3.63) is 50.7 Å². The number of anilines is 2. The topological polar surface area (TPSA) is 105 Å². The van der Waals surface area contributed by atoms with Crippen molar-refractivity contribution in [3.63, 3.8) is 0 Å². The number of aromatic nitrogens is 4. The molecule has 0 unspecified atom stereocenters. The fourth-order valence-corrected chi connectivity index (χ4v) is 3.72. The summed E-state index contributed by atoms with van der Waals surface area (Å²) in [6, 6.07) is 7.99. The zero-order valence-corrected chi connectivity index (χ0v) is 15.9. The number of benzene rings is 1. The first-order valence-electron chi connectivity index (χ1n) is 9.02. The molecule has 4 rings (SSSR count). The van der Waals surface area contributed by atoms with E-state index in [0.717, 1.165) is 11.3 Å². The van der Waals surface area contributed by atoms with Crippen molar-refractivity contribution < 1.29 is 9.90 Å². The molecule has 0 aliphatic carbocycles. The van der Waals surface area contributed by atoms with E-state index in [1.54, 1.807) is 4.57 Å². The van der Waals surface area contributed by atoms with Crippen molar-refractivity contribution in [2.75, 3.05) is 11.4 Å². The van der Waals surface area contributed by atoms with E-state index in [2.05, 4.69) is 11.9 Å². The van der Waals surface area contributed by atoms with Gasteiger partial charge in [-0.3, -0.25) is 13.9 Å². The minimum atomic E-state index is -1.49. The number of carboxylic acid groups (broad SMARTS) is 1. The highest BCUT2D eigenvalue weighted by Crippen LogP contribution is 2.32. The standard InChI is InChI=1S/C19H21N5O4/c1-11-4-6-13(7-5-11)22-8-12(2)9-23-15-16(20-18(22)23)21(3)19(28)24(17(15)27)10-14(25)26/h4-7,12H,8-10H2,1-3H3,(H,25,26)/p-1/t12-/m0/s1. The van der Waals surface area contributed by atoms with Crippen LogP contribution in [0.5, 0.6) is 0 Å². The third-order valence-electron chi connectivity index (χ3n) is 5.08. The van der Waals surface area contributed by atoms with E-state index in [-0.39, 0.29) is 17.1 Å². The Kier molecular flexibility index (Phi) is 4.10. The molecule has 0 amide bonds. The summed E-state index contributed by atoms with van der Waals surface area (Å²) in [4.78, 5) is 43.0. The van der Waals surface area contributed by atoms with Crippen LogP contribution in [0.4, 0.5) is 11.6 Å². The van der Waals surface area contributed by atoms with Crippen molar-refractivity contribution in [2.45, 2.75) is 26.9 Å². The third-order valence-corrected chi connectivity index (χ3v) is 5.08. The molecule has 0 saturated heterocycles. The predicted octanol–water partition coefficient (Wildman–Crippen LogP) is -0.257. The molecule has 3 heterocycles. The molecule has 146 valence electrons. The fourth-order valence-electron chi connectivity index (χ4n) is 3.72. The Morgan fingerprint density at radius 1 is 1.21 bits per heavy atom. The van der Waals surface area contributed by atoms with Crippen LogP contribution < -0.4 is 21.3 Å². The van der Waals surface area contributed by atoms with Gasteiger partial charge in [0.1, 0.15) is 0 Å². The second-order valence-corrected chi connectivity index (χ2v) is 7.35. The highest BCUT2D eigenvalue weighted by atomic mass is 16.4. The van der Waals surface area contributed by atoms with E-state index >= 15 is 0 Å². The Morgan fingerprint density at radius 3 is 2.54 bits per heavy atom. The Labute approximate surface area is 160 Å². The van der Waals surface area contributed by atoms with Crippen LogP contribution in [-0.4, -0.2) is 31.2 Å². The lowest BCUT2D eigenvalue weighted by Gasteiger charge is -2.33. The molecule has 1 atom stereocenters. The molecule has 1 aliphatic heterocycles. The maximum Gasteiger partial charge on any atom is 0.332 e. The molecule has 0 fully saturated rings. The number of carbonyl (C=O) groups is 1. The Balaban J connectivity index is 2.00. The van der Waals surface area contributed by atoms with Gasteiger partial charge in [0.05, 0.1) is 12.5 Å². The van der Waals surface area contributed by atoms with Gasteiger partial charge in [-0.2, -0.15) is 4.98 Å². The summed E-state index contributed by atoms with van der Waals surface area (Å²) in [5, 5.41) is 11.0. The maximum atomic E-state index is 12.9. The number of carboxylic acids is 1. The SMILES string of the molecule is Cc1ccc(N2C[C@H](C)Cn3c2nc2c3c(=O)n(CC(=O)[O-])c(=O)n2C)cc1. The van der Waals surface area contributed by atoms with E-state index in [4.69, 9.17) is 0 Å². The number of aryl methyl sites for hydroxylation is 2. The zero-order valence-electron chi connectivity index (χ0n) is 15.9. The number of imidazole rings is 1. The lowest BCUT2D eigenvalue weighted by Crippen LogP contribution is -2.44. The molecule has 28 heavy (non-hydrogen) atoms. The predicted molar refractivity (Wildman–Crippen MR) is 102 cm³/mol. The summed E-state index contributed by atoms with van der Waals surface area (Å²) in [6.07, 6.45) is 0. The highest BCUT2D eigenvalue weighted by molar-refractivity contribution is 5.77. The number of fused-ring (bicyclic) bond motifs is 3. The van der Waals surface area contributed by atoms with Crippen LogP contribution in [0, 0.1) is 12.8 Å². The average Bonchev–Trinajstić information content (AvgIpc) is 3.03. The Morgan fingerprint density at radius 2 is 1.89 bits per heavy atom. The molecule has 0 saturated carbocycles.